The van der Waals surface area contributed by atoms with Gasteiger partial charge in [0, 0.05) is 12.6 Å². The topological polar surface area (TPSA) is 3.24 Å². The molecule has 0 fully saturated rings. The molecule has 0 heterocycles. The van der Waals surface area contributed by atoms with Gasteiger partial charge in [0.15, 0.2) is 0 Å². The zero-order valence-electron chi connectivity index (χ0n) is 10.1. The summed E-state index contributed by atoms with van der Waals surface area (Å²) < 4.78 is 2.13. The van der Waals surface area contributed by atoms with Crippen LogP contribution in [0.1, 0.15) is 65.7 Å². The van der Waals surface area contributed by atoms with Gasteiger partial charge in [0.05, 0.1) is 0 Å². The summed E-state index contributed by atoms with van der Waals surface area (Å²) in [6, 6.07) is 0.634. The van der Waals surface area contributed by atoms with Crippen LogP contribution in [0.15, 0.2) is 0 Å². The molecule has 0 aromatic heterocycles. The van der Waals surface area contributed by atoms with E-state index in [1.54, 1.807) is 0 Å². The van der Waals surface area contributed by atoms with E-state index in [4.69, 9.17) is 0 Å². The van der Waals surface area contributed by atoms with Crippen molar-refractivity contribution in [3.63, 3.8) is 0 Å². The molecular formula is C12H27NS. The summed E-state index contributed by atoms with van der Waals surface area (Å²) in [4.78, 5) is 0. The number of hydrogen-bond acceptors (Lipinski definition) is 2. The molecule has 86 valence electrons. The van der Waals surface area contributed by atoms with E-state index in [2.05, 4.69) is 37.9 Å². The summed E-state index contributed by atoms with van der Waals surface area (Å²) in [6.07, 6.45) is 9.64. The van der Waals surface area contributed by atoms with Gasteiger partial charge < -0.3 is 0 Å². The molecule has 0 aliphatic rings. The Labute approximate surface area is 95.8 Å². The first-order valence-corrected chi connectivity index (χ1v) is 6.57. The summed E-state index contributed by atoms with van der Waals surface area (Å²) >= 11 is 4.42. The van der Waals surface area contributed by atoms with Gasteiger partial charge in [-0.2, -0.15) is 0 Å². The number of rotatable bonds is 9. The molecule has 0 bridgehead atoms. The summed E-state index contributed by atoms with van der Waals surface area (Å²) in [5.41, 5.74) is 0. The minimum atomic E-state index is 0.634. The maximum absolute atomic E-state index is 4.42. The number of nitrogens with zero attached hydrogens (tertiary/aromatic N) is 1. The van der Waals surface area contributed by atoms with Crippen LogP contribution >= 0.6 is 12.8 Å². The molecule has 0 N–H and O–H groups in total. The highest BCUT2D eigenvalue weighted by Crippen LogP contribution is 2.12. The third-order valence-corrected chi connectivity index (χ3v) is 3.49. The van der Waals surface area contributed by atoms with E-state index < -0.39 is 0 Å². The van der Waals surface area contributed by atoms with Crippen LogP contribution < -0.4 is 0 Å². The lowest BCUT2D eigenvalue weighted by Crippen LogP contribution is -2.23. The van der Waals surface area contributed by atoms with Crippen molar-refractivity contribution in [1.82, 2.24) is 4.31 Å². The highest BCUT2D eigenvalue weighted by molar-refractivity contribution is 7.77. The predicted molar refractivity (Wildman–Crippen MR) is 68.8 cm³/mol. The SMILES string of the molecule is CCCCCCCCC(C)N(S)CC. The Kier molecular flexibility index (Phi) is 10.1. The summed E-state index contributed by atoms with van der Waals surface area (Å²) in [6.45, 7) is 7.73. The average molecular weight is 217 g/mol. The van der Waals surface area contributed by atoms with E-state index in [1.165, 1.54) is 44.9 Å². The van der Waals surface area contributed by atoms with Crippen LogP contribution in [0.4, 0.5) is 0 Å². The van der Waals surface area contributed by atoms with E-state index >= 15 is 0 Å². The molecule has 0 aliphatic heterocycles. The van der Waals surface area contributed by atoms with Crippen molar-refractivity contribution in [2.45, 2.75) is 71.8 Å². The Bertz CT molecular complexity index is 117. The van der Waals surface area contributed by atoms with Crippen LogP contribution in [0.3, 0.4) is 0 Å². The summed E-state index contributed by atoms with van der Waals surface area (Å²) in [7, 11) is 0. The van der Waals surface area contributed by atoms with Gasteiger partial charge in [-0.05, 0) is 13.3 Å². The van der Waals surface area contributed by atoms with Crippen molar-refractivity contribution < 1.29 is 0 Å². The Morgan fingerprint density at radius 3 is 2.14 bits per heavy atom. The van der Waals surface area contributed by atoms with Crippen LogP contribution in [-0.4, -0.2) is 16.9 Å². The van der Waals surface area contributed by atoms with Crippen molar-refractivity contribution >= 4 is 12.8 Å². The lowest BCUT2D eigenvalue weighted by atomic mass is 10.1. The number of hydrogen-bond donors (Lipinski definition) is 1. The van der Waals surface area contributed by atoms with Crippen molar-refractivity contribution in [1.29, 1.82) is 0 Å². The maximum atomic E-state index is 4.42. The van der Waals surface area contributed by atoms with Gasteiger partial charge >= 0.3 is 0 Å². The van der Waals surface area contributed by atoms with Gasteiger partial charge in [0.1, 0.15) is 0 Å². The predicted octanol–water partition coefficient (Wildman–Crippen LogP) is 4.29. The Morgan fingerprint density at radius 2 is 1.57 bits per heavy atom. The van der Waals surface area contributed by atoms with Gasteiger partial charge in [-0.15, -0.1) is 0 Å². The van der Waals surface area contributed by atoms with Gasteiger partial charge in [-0.1, -0.05) is 65.2 Å². The maximum Gasteiger partial charge on any atom is 0.0171 e. The minimum Gasteiger partial charge on any atom is -0.251 e. The largest absolute Gasteiger partial charge is 0.251 e. The molecule has 1 unspecified atom stereocenters. The monoisotopic (exact) mass is 217 g/mol. The molecule has 2 heteroatoms. The van der Waals surface area contributed by atoms with E-state index in [9.17, 15) is 0 Å². The van der Waals surface area contributed by atoms with Gasteiger partial charge in [-0.3, -0.25) is 4.31 Å². The molecule has 0 radical (unpaired) electrons. The molecule has 0 aromatic rings. The van der Waals surface area contributed by atoms with Crippen LogP contribution in [0.5, 0.6) is 0 Å². The molecule has 0 aliphatic carbocycles. The van der Waals surface area contributed by atoms with E-state index in [1.807, 2.05) is 0 Å². The molecule has 0 aromatic carbocycles. The van der Waals surface area contributed by atoms with Crippen molar-refractivity contribution in [2.75, 3.05) is 6.54 Å². The molecule has 0 rings (SSSR count). The van der Waals surface area contributed by atoms with Crippen molar-refractivity contribution in [3.05, 3.63) is 0 Å². The van der Waals surface area contributed by atoms with Crippen molar-refractivity contribution in [3.8, 4) is 0 Å². The smallest absolute Gasteiger partial charge is 0.0171 e. The van der Waals surface area contributed by atoms with Gasteiger partial charge in [0.25, 0.3) is 0 Å². The van der Waals surface area contributed by atoms with Crippen LogP contribution in [0.25, 0.3) is 0 Å². The molecule has 0 saturated heterocycles. The Morgan fingerprint density at radius 1 is 1.00 bits per heavy atom. The third-order valence-electron chi connectivity index (χ3n) is 2.81. The zero-order chi connectivity index (χ0) is 10.8. The first-order valence-electron chi connectivity index (χ1n) is 6.17. The number of unbranched alkanes of at least 4 members (excludes halogenated alkanes) is 5. The highest BCUT2D eigenvalue weighted by Gasteiger charge is 2.06. The molecule has 1 atom stereocenters. The van der Waals surface area contributed by atoms with Crippen LogP contribution in [0, 0.1) is 0 Å². The van der Waals surface area contributed by atoms with E-state index in [-0.39, 0.29) is 0 Å². The fourth-order valence-corrected chi connectivity index (χ4v) is 1.80. The highest BCUT2D eigenvalue weighted by atomic mass is 32.1. The first-order chi connectivity index (χ1) is 6.72. The average Bonchev–Trinajstić information content (AvgIpc) is 2.21. The lowest BCUT2D eigenvalue weighted by molar-refractivity contribution is 0.361. The van der Waals surface area contributed by atoms with Crippen molar-refractivity contribution in [2.24, 2.45) is 0 Å². The Balaban J connectivity index is 3.18. The van der Waals surface area contributed by atoms with Gasteiger partial charge in [-0.25, -0.2) is 0 Å². The summed E-state index contributed by atoms with van der Waals surface area (Å²) in [5, 5.41) is 0. The fourth-order valence-electron chi connectivity index (χ4n) is 1.68. The fraction of sp³-hybridized carbons (Fsp3) is 1.00. The molecular weight excluding hydrogens is 190 g/mol. The molecule has 0 amide bonds. The zero-order valence-corrected chi connectivity index (χ0v) is 11.0. The van der Waals surface area contributed by atoms with E-state index in [0.717, 1.165) is 6.54 Å². The minimum absolute atomic E-state index is 0.634. The van der Waals surface area contributed by atoms with Crippen LogP contribution in [0.2, 0.25) is 0 Å². The molecule has 14 heavy (non-hydrogen) atoms. The number of thiol groups is 1. The summed E-state index contributed by atoms with van der Waals surface area (Å²) in [5.74, 6) is 0. The molecule has 1 nitrogen and oxygen atoms in total. The normalized spacial score (nSPS) is 13.5. The second-order valence-corrected chi connectivity index (χ2v) is 4.67. The lowest BCUT2D eigenvalue weighted by Gasteiger charge is -2.21. The quantitative estimate of drug-likeness (QED) is 0.445. The Hall–Kier alpha value is 0.310. The third kappa shape index (κ3) is 7.69. The second kappa shape index (κ2) is 9.85. The van der Waals surface area contributed by atoms with E-state index in [0.29, 0.717) is 6.04 Å². The molecule has 0 spiro atoms. The first kappa shape index (κ1) is 14.3. The molecule has 0 saturated carbocycles. The van der Waals surface area contributed by atoms with Crippen LogP contribution in [-0.2, 0) is 0 Å². The van der Waals surface area contributed by atoms with Gasteiger partial charge in [0.2, 0.25) is 0 Å². The second-order valence-electron chi connectivity index (χ2n) is 4.16. The standard InChI is InChI=1S/C12H27NS/c1-4-6-7-8-9-10-11-12(3)13(14)5-2/h12,14H,4-11H2,1-3H3.